The Bertz CT molecular complexity index is 332. The van der Waals surface area contributed by atoms with E-state index in [-0.39, 0.29) is 5.82 Å². The molecule has 0 aliphatic heterocycles. The highest BCUT2D eigenvalue weighted by molar-refractivity contribution is 5.47. The zero-order valence-electron chi connectivity index (χ0n) is 8.80. The summed E-state index contributed by atoms with van der Waals surface area (Å²) in [6.45, 7) is 0.386. The Morgan fingerprint density at radius 1 is 1.27 bits per heavy atom. The summed E-state index contributed by atoms with van der Waals surface area (Å²) in [5.74, 6) is -0.210. The lowest BCUT2D eigenvalue weighted by Gasteiger charge is -2.14. The zero-order valence-corrected chi connectivity index (χ0v) is 8.80. The van der Waals surface area contributed by atoms with Crippen molar-refractivity contribution in [2.75, 3.05) is 5.32 Å². The monoisotopic (exact) mass is 208 g/mol. The first-order valence-electron chi connectivity index (χ1n) is 5.54. The van der Waals surface area contributed by atoms with Gasteiger partial charge in [-0.3, -0.25) is 0 Å². The summed E-state index contributed by atoms with van der Waals surface area (Å²) in [7, 11) is 0. The smallest absolute Gasteiger partial charge is 0.125 e. The molecular weight excluding hydrogens is 191 g/mol. The molecule has 0 amide bonds. The van der Waals surface area contributed by atoms with Crippen LogP contribution in [0.15, 0.2) is 18.2 Å². The molecule has 0 aromatic heterocycles. The van der Waals surface area contributed by atoms with Gasteiger partial charge in [0.25, 0.3) is 0 Å². The van der Waals surface area contributed by atoms with Crippen molar-refractivity contribution in [1.29, 1.82) is 0 Å². The SMILES string of the molecule is NCc1cc(F)cc(NC2CCCC2)c1. The van der Waals surface area contributed by atoms with Gasteiger partial charge in [0.1, 0.15) is 5.82 Å². The van der Waals surface area contributed by atoms with Crippen LogP contribution < -0.4 is 11.1 Å². The van der Waals surface area contributed by atoms with E-state index in [2.05, 4.69) is 5.32 Å². The molecule has 0 atom stereocenters. The highest BCUT2D eigenvalue weighted by atomic mass is 19.1. The third kappa shape index (κ3) is 2.69. The first-order chi connectivity index (χ1) is 7.28. The summed E-state index contributed by atoms with van der Waals surface area (Å²) in [5, 5.41) is 3.36. The summed E-state index contributed by atoms with van der Waals surface area (Å²) in [6.07, 6.45) is 4.93. The number of rotatable bonds is 3. The molecule has 2 nitrogen and oxygen atoms in total. The fraction of sp³-hybridized carbons (Fsp3) is 0.500. The van der Waals surface area contributed by atoms with E-state index in [1.165, 1.54) is 37.8 Å². The van der Waals surface area contributed by atoms with Crippen molar-refractivity contribution in [3.63, 3.8) is 0 Å². The number of benzene rings is 1. The molecule has 0 radical (unpaired) electrons. The van der Waals surface area contributed by atoms with Gasteiger partial charge in [-0.25, -0.2) is 4.39 Å². The molecule has 1 aromatic rings. The summed E-state index contributed by atoms with van der Waals surface area (Å²) in [4.78, 5) is 0. The van der Waals surface area contributed by atoms with E-state index in [1.807, 2.05) is 6.07 Å². The van der Waals surface area contributed by atoms with Crippen LogP contribution in [0.25, 0.3) is 0 Å². The van der Waals surface area contributed by atoms with Crippen LogP contribution >= 0.6 is 0 Å². The Balaban J connectivity index is 2.09. The van der Waals surface area contributed by atoms with Gasteiger partial charge in [0.05, 0.1) is 0 Å². The standard InChI is InChI=1S/C12H17FN2/c13-10-5-9(8-14)6-12(7-10)15-11-3-1-2-4-11/h5-7,11,15H,1-4,8,14H2. The molecule has 0 spiro atoms. The Morgan fingerprint density at radius 3 is 2.67 bits per heavy atom. The van der Waals surface area contributed by atoms with E-state index in [0.29, 0.717) is 12.6 Å². The van der Waals surface area contributed by atoms with Gasteiger partial charge >= 0.3 is 0 Å². The maximum atomic E-state index is 13.2. The lowest BCUT2D eigenvalue weighted by atomic mass is 10.1. The van der Waals surface area contributed by atoms with Gasteiger partial charge in [0.15, 0.2) is 0 Å². The van der Waals surface area contributed by atoms with E-state index in [9.17, 15) is 4.39 Å². The van der Waals surface area contributed by atoms with E-state index < -0.39 is 0 Å². The van der Waals surface area contributed by atoms with Gasteiger partial charge in [-0.15, -0.1) is 0 Å². The van der Waals surface area contributed by atoms with E-state index in [0.717, 1.165) is 11.3 Å². The first-order valence-corrected chi connectivity index (χ1v) is 5.54. The van der Waals surface area contributed by atoms with Crippen LogP contribution in [-0.2, 0) is 6.54 Å². The van der Waals surface area contributed by atoms with Gasteiger partial charge in [0, 0.05) is 18.3 Å². The first kappa shape index (κ1) is 10.4. The Kier molecular flexibility index (Phi) is 3.21. The molecule has 3 N–H and O–H groups in total. The van der Waals surface area contributed by atoms with Crippen molar-refractivity contribution in [2.24, 2.45) is 5.73 Å². The zero-order chi connectivity index (χ0) is 10.7. The van der Waals surface area contributed by atoms with Gasteiger partial charge in [-0.2, -0.15) is 0 Å². The number of hydrogen-bond donors (Lipinski definition) is 2. The average Bonchev–Trinajstić information content (AvgIpc) is 2.69. The lowest BCUT2D eigenvalue weighted by Crippen LogP contribution is -2.14. The van der Waals surface area contributed by atoms with E-state index >= 15 is 0 Å². The topological polar surface area (TPSA) is 38.0 Å². The maximum absolute atomic E-state index is 13.2. The van der Waals surface area contributed by atoms with Crippen molar-refractivity contribution in [2.45, 2.75) is 38.3 Å². The molecule has 0 heterocycles. The van der Waals surface area contributed by atoms with Crippen LogP contribution in [0.3, 0.4) is 0 Å². The maximum Gasteiger partial charge on any atom is 0.125 e. The molecule has 0 bridgehead atoms. The molecule has 82 valence electrons. The molecule has 1 fully saturated rings. The normalized spacial score (nSPS) is 16.9. The molecular formula is C12H17FN2. The van der Waals surface area contributed by atoms with Gasteiger partial charge in [-0.1, -0.05) is 12.8 Å². The molecule has 2 rings (SSSR count). The molecule has 1 aliphatic carbocycles. The molecule has 15 heavy (non-hydrogen) atoms. The molecule has 1 aliphatic rings. The second-order valence-corrected chi connectivity index (χ2v) is 4.18. The van der Waals surface area contributed by atoms with Crippen molar-refractivity contribution in [3.05, 3.63) is 29.6 Å². The number of nitrogens with two attached hydrogens (primary N) is 1. The van der Waals surface area contributed by atoms with E-state index in [4.69, 9.17) is 5.73 Å². The molecule has 3 heteroatoms. The van der Waals surface area contributed by atoms with E-state index in [1.54, 1.807) is 0 Å². The molecule has 0 saturated heterocycles. The summed E-state index contributed by atoms with van der Waals surface area (Å²) < 4.78 is 13.2. The largest absolute Gasteiger partial charge is 0.382 e. The fourth-order valence-corrected chi connectivity index (χ4v) is 2.16. The number of halogens is 1. The van der Waals surface area contributed by atoms with Crippen LogP contribution in [0.2, 0.25) is 0 Å². The minimum Gasteiger partial charge on any atom is -0.382 e. The Labute approximate surface area is 89.7 Å². The fourth-order valence-electron chi connectivity index (χ4n) is 2.16. The highest BCUT2D eigenvalue weighted by Gasteiger charge is 2.14. The number of hydrogen-bond acceptors (Lipinski definition) is 2. The molecule has 1 aromatic carbocycles. The van der Waals surface area contributed by atoms with Crippen molar-refractivity contribution in [3.8, 4) is 0 Å². The quantitative estimate of drug-likeness (QED) is 0.801. The highest BCUT2D eigenvalue weighted by Crippen LogP contribution is 2.23. The Morgan fingerprint density at radius 2 is 2.00 bits per heavy atom. The number of anilines is 1. The lowest BCUT2D eigenvalue weighted by molar-refractivity contribution is 0.625. The minimum atomic E-state index is -0.210. The minimum absolute atomic E-state index is 0.210. The number of nitrogens with one attached hydrogen (secondary N) is 1. The van der Waals surface area contributed by atoms with Gasteiger partial charge < -0.3 is 11.1 Å². The van der Waals surface area contributed by atoms with Crippen molar-refractivity contribution in [1.82, 2.24) is 0 Å². The van der Waals surface area contributed by atoms with Crippen molar-refractivity contribution >= 4 is 5.69 Å². The molecule has 0 unspecified atom stereocenters. The third-order valence-corrected chi connectivity index (χ3v) is 2.92. The second-order valence-electron chi connectivity index (χ2n) is 4.18. The van der Waals surface area contributed by atoms with Gasteiger partial charge in [0.2, 0.25) is 0 Å². The molecule has 1 saturated carbocycles. The average molecular weight is 208 g/mol. The van der Waals surface area contributed by atoms with Crippen LogP contribution in [0.4, 0.5) is 10.1 Å². The van der Waals surface area contributed by atoms with Crippen LogP contribution in [-0.4, -0.2) is 6.04 Å². The van der Waals surface area contributed by atoms with Crippen LogP contribution in [0.5, 0.6) is 0 Å². The van der Waals surface area contributed by atoms with Crippen LogP contribution in [0.1, 0.15) is 31.2 Å². The van der Waals surface area contributed by atoms with Gasteiger partial charge in [-0.05, 0) is 36.6 Å². The predicted octanol–water partition coefficient (Wildman–Crippen LogP) is 2.64. The van der Waals surface area contributed by atoms with Crippen LogP contribution in [0, 0.1) is 5.82 Å². The third-order valence-electron chi connectivity index (χ3n) is 2.92. The Hall–Kier alpha value is -1.09. The summed E-state index contributed by atoms with van der Waals surface area (Å²) in [6, 6.07) is 5.47. The second kappa shape index (κ2) is 4.62. The predicted molar refractivity (Wildman–Crippen MR) is 60.2 cm³/mol. The summed E-state index contributed by atoms with van der Waals surface area (Å²) in [5.41, 5.74) is 7.21. The summed E-state index contributed by atoms with van der Waals surface area (Å²) >= 11 is 0. The van der Waals surface area contributed by atoms with Crippen molar-refractivity contribution < 1.29 is 4.39 Å².